The number of fused-ring (bicyclic) bond motifs is 2. The van der Waals surface area contributed by atoms with Gasteiger partial charge in [0, 0.05) is 54.2 Å². The fourth-order valence-corrected chi connectivity index (χ4v) is 7.05. The molecule has 1 aliphatic heterocycles. The van der Waals surface area contributed by atoms with Crippen LogP contribution in [0, 0.1) is 30.6 Å². The molecule has 3 aromatic heterocycles. The number of carbonyl (C=O) groups is 1. The molecule has 4 heterocycles. The Kier molecular flexibility index (Phi) is 9.47. The van der Waals surface area contributed by atoms with Crippen LogP contribution < -0.4 is 10.6 Å². The molecule has 0 spiro atoms. The molecule has 0 aliphatic carbocycles. The minimum absolute atomic E-state index is 0.0353. The van der Waals surface area contributed by atoms with E-state index in [1.807, 2.05) is 69.4 Å². The van der Waals surface area contributed by atoms with E-state index in [2.05, 4.69) is 51.7 Å². The number of nitrogens with one attached hydrogen (secondary N) is 2. The van der Waals surface area contributed by atoms with Crippen molar-refractivity contribution in [3.63, 3.8) is 0 Å². The number of nitriles is 1. The summed E-state index contributed by atoms with van der Waals surface area (Å²) in [6.07, 6.45) is 4.20. The van der Waals surface area contributed by atoms with Crippen LogP contribution in [0.1, 0.15) is 55.0 Å². The number of benzene rings is 3. The highest BCUT2D eigenvalue weighted by molar-refractivity contribution is 5.91. The zero-order valence-corrected chi connectivity index (χ0v) is 30.6. The Morgan fingerprint density at radius 3 is 2.53 bits per heavy atom. The summed E-state index contributed by atoms with van der Waals surface area (Å²) in [5.74, 6) is 0.301. The van der Waals surface area contributed by atoms with Crippen LogP contribution in [0.15, 0.2) is 77.5 Å². The highest BCUT2D eigenvalue weighted by Crippen LogP contribution is 2.38. The van der Waals surface area contributed by atoms with Crippen molar-refractivity contribution in [1.82, 2.24) is 25.2 Å². The molecule has 1 fully saturated rings. The molecule has 3 aromatic carbocycles. The first-order valence-corrected chi connectivity index (χ1v) is 17.7. The Morgan fingerprint density at radius 2 is 1.79 bits per heavy atom. The van der Waals surface area contributed by atoms with Gasteiger partial charge in [-0.15, -0.1) is 0 Å². The standard InChI is InChI=1S/C42H43N7O4/c1-25-31(32-9-7-11-34(26(32)2)47-38-36-29(12-14-44-38)17-28(20-45-36)21-46-41(3,4)24-50)8-6-10-33(25)39-48-35-18-27(16-30(19-43)37(35)53-39)22-49-15-13-42(5,23-49)40(51)52/h6-12,14,16-18,20,46,50H,13,15,21-24H2,1-5H3,(H,44,47)(H,51,52). The van der Waals surface area contributed by atoms with Crippen LogP contribution in [-0.4, -0.2) is 61.3 Å². The summed E-state index contributed by atoms with van der Waals surface area (Å²) in [6.45, 7) is 12.1. The van der Waals surface area contributed by atoms with Crippen molar-refractivity contribution >= 4 is 39.5 Å². The van der Waals surface area contributed by atoms with E-state index in [4.69, 9.17) is 14.4 Å². The Morgan fingerprint density at radius 1 is 1.04 bits per heavy atom. The van der Waals surface area contributed by atoms with Crippen LogP contribution in [0.5, 0.6) is 0 Å². The zero-order chi connectivity index (χ0) is 37.5. The molecule has 53 heavy (non-hydrogen) atoms. The lowest BCUT2D eigenvalue weighted by atomic mass is 9.90. The molecular weight excluding hydrogens is 667 g/mol. The number of hydrogen-bond acceptors (Lipinski definition) is 10. The number of carboxylic acid groups (broad SMARTS) is 1. The summed E-state index contributed by atoms with van der Waals surface area (Å²) >= 11 is 0. The number of oxazole rings is 1. The lowest BCUT2D eigenvalue weighted by Gasteiger charge is -2.23. The monoisotopic (exact) mass is 709 g/mol. The van der Waals surface area contributed by atoms with Crippen LogP contribution in [0.3, 0.4) is 0 Å². The number of carboxylic acids is 1. The second kappa shape index (κ2) is 14.0. The van der Waals surface area contributed by atoms with E-state index in [9.17, 15) is 20.3 Å². The summed E-state index contributed by atoms with van der Waals surface area (Å²) in [4.78, 5) is 28.1. The maximum Gasteiger partial charge on any atom is 0.310 e. The Balaban J connectivity index is 1.16. The molecular formula is C42H43N7O4. The Hall–Kier alpha value is -5.67. The molecule has 0 saturated carbocycles. The third-order valence-electron chi connectivity index (χ3n) is 10.4. The van der Waals surface area contributed by atoms with Gasteiger partial charge in [0.2, 0.25) is 5.89 Å². The molecule has 7 rings (SSSR count). The maximum atomic E-state index is 11.8. The molecule has 0 bridgehead atoms. The molecule has 0 amide bonds. The summed E-state index contributed by atoms with van der Waals surface area (Å²) in [5, 5.41) is 37.2. The predicted molar refractivity (Wildman–Crippen MR) is 206 cm³/mol. The zero-order valence-electron chi connectivity index (χ0n) is 30.6. The molecule has 6 aromatic rings. The molecule has 1 atom stereocenters. The second-order valence-corrected chi connectivity index (χ2v) is 15.0. The average molecular weight is 710 g/mol. The topological polar surface area (TPSA) is 160 Å². The van der Waals surface area contributed by atoms with Gasteiger partial charge in [-0.05, 0) is 117 Å². The number of aliphatic hydroxyl groups is 1. The van der Waals surface area contributed by atoms with E-state index < -0.39 is 16.9 Å². The Labute approximate surface area is 308 Å². The van der Waals surface area contributed by atoms with Gasteiger partial charge in [-0.25, -0.2) is 9.97 Å². The van der Waals surface area contributed by atoms with E-state index in [-0.39, 0.29) is 6.61 Å². The lowest BCUT2D eigenvalue weighted by Crippen LogP contribution is -2.42. The minimum atomic E-state index is -0.785. The number of anilines is 2. The van der Waals surface area contributed by atoms with Gasteiger partial charge in [-0.1, -0.05) is 24.3 Å². The fourth-order valence-electron chi connectivity index (χ4n) is 7.05. The van der Waals surface area contributed by atoms with Crippen LogP contribution in [0.4, 0.5) is 11.5 Å². The molecule has 270 valence electrons. The van der Waals surface area contributed by atoms with Crippen molar-refractivity contribution < 1.29 is 19.4 Å². The second-order valence-electron chi connectivity index (χ2n) is 15.0. The number of nitrogens with zero attached hydrogens (tertiary/aromatic N) is 5. The van der Waals surface area contributed by atoms with Gasteiger partial charge >= 0.3 is 5.97 Å². The summed E-state index contributed by atoms with van der Waals surface area (Å²) in [6, 6.07) is 22.2. The lowest BCUT2D eigenvalue weighted by molar-refractivity contribution is -0.147. The first-order valence-electron chi connectivity index (χ1n) is 17.7. The molecule has 1 saturated heterocycles. The van der Waals surface area contributed by atoms with E-state index >= 15 is 0 Å². The van der Waals surface area contributed by atoms with Crippen LogP contribution >= 0.6 is 0 Å². The van der Waals surface area contributed by atoms with Crippen LogP contribution in [0.25, 0.3) is 44.6 Å². The molecule has 11 heteroatoms. The summed E-state index contributed by atoms with van der Waals surface area (Å²) < 4.78 is 6.29. The smallest absolute Gasteiger partial charge is 0.310 e. The number of likely N-dealkylation sites (tertiary alicyclic amines) is 1. The average Bonchev–Trinajstić information content (AvgIpc) is 3.75. The number of aromatic nitrogens is 3. The number of pyridine rings is 2. The van der Waals surface area contributed by atoms with Crippen molar-refractivity contribution in [3.8, 4) is 28.7 Å². The fraction of sp³-hybridized carbons (Fsp3) is 0.310. The largest absolute Gasteiger partial charge is 0.481 e. The molecule has 1 unspecified atom stereocenters. The molecule has 11 nitrogen and oxygen atoms in total. The van der Waals surface area contributed by atoms with Crippen molar-refractivity contribution in [3.05, 3.63) is 101 Å². The van der Waals surface area contributed by atoms with Gasteiger partial charge in [0.25, 0.3) is 0 Å². The molecule has 1 aliphatic rings. The van der Waals surface area contributed by atoms with Gasteiger partial charge in [0.05, 0.1) is 17.6 Å². The highest BCUT2D eigenvalue weighted by atomic mass is 16.4. The SMILES string of the molecule is Cc1c(Nc2nccc3cc(CNC(C)(C)CO)cnc23)cccc1-c1cccc(-c2nc3cc(CN4CCC(C)(C(=O)O)C4)cc(C#N)c3o2)c1C. The minimum Gasteiger partial charge on any atom is -0.481 e. The molecule has 4 N–H and O–H groups in total. The Bertz CT molecular complexity index is 2410. The first-order chi connectivity index (χ1) is 25.4. The van der Waals surface area contributed by atoms with Crippen molar-refractivity contribution in [1.29, 1.82) is 5.26 Å². The third kappa shape index (κ3) is 7.09. The van der Waals surface area contributed by atoms with Gasteiger partial charge in [-0.3, -0.25) is 14.7 Å². The predicted octanol–water partition coefficient (Wildman–Crippen LogP) is 7.49. The maximum absolute atomic E-state index is 11.8. The van der Waals surface area contributed by atoms with Crippen LogP contribution in [-0.2, 0) is 17.9 Å². The van der Waals surface area contributed by atoms with E-state index in [0.717, 1.165) is 55.5 Å². The normalized spacial score (nSPS) is 16.3. The van der Waals surface area contributed by atoms with Crippen molar-refractivity contribution in [2.45, 2.75) is 59.7 Å². The number of aliphatic carboxylic acids is 1. The molecule has 0 radical (unpaired) electrons. The third-order valence-corrected chi connectivity index (χ3v) is 10.4. The van der Waals surface area contributed by atoms with Crippen molar-refractivity contribution in [2.24, 2.45) is 5.41 Å². The quantitative estimate of drug-likeness (QED) is 0.106. The van der Waals surface area contributed by atoms with Crippen LogP contribution in [0.2, 0.25) is 0 Å². The number of hydrogen-bond donors (Lipinski definition) is 4. The summed E-state index contributed by atoms with van der Waals surface area (Å²) in [5.41, 5.74) is 8.74. The number of aliphatic hydroxyl groups excluding tert-OH is 1. The first kappa shape index (κ1) is 35.7. The van der Waals surface area contributed by atoms with E-state index in [0.29, 0.717) is 61.0 Å². The van der Waals surface area contributed by atoms with E-state index in [1.54, 1.807) is 13.1 Å². The van der Waals surface area contributed by atoms with Gasteiger partial charge in [0.15, 0.2) is 11.4 Å². The summed E-state index contributed by atoms with van der Waals surface area (Å²) in [7, 11) is 0. The van der Waals surface area contributed by atoms with Gasteiger partial charge in [-0.2, -0.15) is 5.26 Å². The van der Waals surface area contributed by atoms with E-state index in [1.165, 1.54) is 0 Å². The number of rotatable bonds is 11. The van der Waals surface area contributed by atoms with Gasteiger partial charge in [0.1, 0.15) is 17.1 Å². The van der Waals surface area contributed by atoms with Gasteiger partial charge < -0.3 is 25.3 Å². The van der Waals surface area contributed by atoms with Crippen molar-refractivity contribution in [2.75, 3.05) is 25.0 Å². The highest BCUT2D eigenvalue weighted by Gasteiger charge is 2.40.